The molecule has 0 amide bonds. The van der Waals surface area contributed by atoms with Gasteiger partial charge in [-0.25, -0.2) is 4.79 Å². The first-order valence-corrected chi connectivity index (χ1v) is 8.21. The average Bonchev–Trinajstić information content (AvgIpc) is 2.50. The van der Waals surface area contributed by atoms with Crippen LogP contribution in [0.3, 0.4) is 0 Å². The predicted molar refractivity (Wildman–Crippen MR) is 86.6 cm³/mol. The second kappa shape index (κ2) is 17.0. The molecule has 0 aliphatic rings. The second-order valence-electron chi connectivity index (χ2n) is 4.63. The number of hydrogen-bond donors (Lipinski definition) is 3. The number of nitrogens with two attached hydrogens (primary N) is 1. The highest BCUT2D eigenvalue weighted by Crippen LogP contribution is 2.06. The Bertz CT molecular complexity index is 241. The summed E-state index contributed by atoms with van der Waals surface area (Å²) in [4.78, 5) is 10.6. The van der Waals surface area contributed by atoms with Crippen molar-refractivity contribution in [1.29, 1.82) is 0 Å². The van der Waals surface area contributed by atoms with E-state index in [1.54, 1.807) is 0 Å². The van der Waals surface area contributed by atoms with Crippen LogP contribution < -0.4 is 5.73 Å². The van der Waals surface area contributed by atoms with Crippen molar-refractivity contribution in [2.24, 2.45) is 5.73 Å². The lowest BCUT2D eigenvalue weighted by Gasteiger charge is -2.17. The Balaban J connectivity index is 3.72. The van der Waals surface area contributed by atoms with Crippen LogP contribution in [0.5, 0.6) is 0 Å². The smallest absolute Gasteiger partial charge is 0.329 e. The van der Waals surface area contributed by atoms with Crippen LogP contribution in [0.15, 0.2) is 0 Å². The van der Waals surface area contributed by atoms with Crippen molar-refractivity contribution in [3.63, 3.8) is 0 Å². The quantitative estimate of drug-likeness (QED) is 0.263. The minimum Gasteiger partial charge on any atom is -0.480 e. The molecular weight excluding hydrogens is 310 g/mol. The Morgan fingerprint density at radius 3 is 2.45 bits per heavy atom. The van der Waals surface area contributed by atoms with Crippen LogP contribution in [-0.2, 0) is 23.7 Å². The zero-order valence-corrected chi connectivity index (χ0v) is 14.0. The summed E-state index contributed by atoms with van der Waals surface area (Å²) in [5.41, 5.74) is 5.30. The van der Waals surface area contributed by atoms with E-state index in [1.165, 1.54) is 0 Å². The summed E-state index contributed by atoms with van der Waals surface area (Å²) in [7, 11) is 0. The fourth-order valence-electron chi connectivity index (χ4n) is 1.66. The third-order valence-corrected chi connectivity index (χ3v) is 2.86. The van der Waals surface area contributed by atoms with E-state index >= 15 is 0 Å². The summed E-state index contributed by atoms with van der Waals surface area (Å²) in [5.74, 6) is -0.266. The lowest BCUT2D eigenvalue weighted by molar-refractivity contribution is -0.146. The zero-order valence-electron chi connectivity index (χ0n) is 13.1. The van der Waals surface area contributed by atoms with Gasteiger partial charge < -0.3 is 29.8 Å². The van der Waals surface area contributed by atoms with Gasteiger partial charge in [-0.2, -0.15) is 12.6 Å². The van der Waals surface area contributed by atoms with E-state index in [1.807, 2.05) is 0 Å². The number of carboxylic acids is 1. The largest absolute Gasteiger partial charge is 0.480 e. The normalized spacial score (nSPS) is 12.5. The van der Waals surface area contributed by atoms with Gasteiger partial charge in [-0.15, -0.1) is 0 Å². The van der Waals surface area contributed by atoms with Crippen molar-refractivity contribution in [1.82, 2.24) is 0 Å². The van der Waals surface area contributed by atoms with Gasteiger partial charge in [0.05, 0.1) is 39.1 Å². The highest BCUT2D eigenvalue weighted by Gasteiger charge is 2.11. The Morgan fingerprint density at radius 1 is 1.05 bits per heavy atom. The molecule has 0 heterocycles. The molecule has 22 heavy (non-hydrogen) atoms. The van der Waals surface area contributed by atoms with Gasteiger partial charge in [0.15, 0.2) is 0 Å². The first-order valence-electron chi connectivity index (χ1n) is 7.58. The van der Waals surface area contributed by atoms with E-state index in [2.05, 4.69) is 12.6 Å². The number of aliphatic carboxylic acids is 1. The maximum atomic E-state index is 10.6. The monoisotopic (exact) mass is 339 g/mol. The Morgan fingerprint density at radius 2 is 1.77 bits per heavy atom. The molecule has 7 nitrogen and oxygen atoms in total. The van der Waals surface area contributed by atoms with E-state index in [0.29, 0.717) is 51.9 Å². The topological polar surface area (TPSA) is 100 Å². The molecule has 0 aromatic heterocycles. The molecule has 0 fully saturated rings. The Hall–Kier alpha value is -0.380. The number of rotatable bonds is 17. The molecule has 0 aliphatic heterocycles. The van der Waals surface area contributed by atoms with Crippen molar-refractivity contribution >= 4 is 18.6 Å². The summed E-state index contributed by atoms with van der Waals surface area (Å²) in [6, 6.07) is 0. The third-order valence-electron chi connectivity index (χ3n) is 2.68. The average molecular weight is 339 g/mol. The zero-order chi connectivity index (χ0) is 16.5. The molecule has 1 unspecified atom stereocenters. The van der Waals surface area contributed by atoms with E-state index < -0.39 is 5.97 Å². The summed E-state index contributed by atoms with van der Waals surface area (Å²) < 4.78 is 21.3. The molecule has 0 aromatic carbocycles. The molecule has 0 radical (unpaired) electrons. The summed E-state index contributed by atoms with van der Waals surface area (Å²) in [6.07, 6.45) is 2.31. The highest BCUT2D eigenvalue weighted by molar-refractivity contribution is 7.80. The molecule has 0 aliphatic carbocycles. The molecule has 0 aromatic rings. The molecule has 0 saturated heterocycles. The van der Waals surface area contributed by atoms with Gasteiger partial charge in [0.2, 0.25) is 0 Å². The van der Waals surface area contributed by atoms with Gasteiger partial charge >= 0.3 is 5.97 Å². The fourth-order valence-corrected chi connectivity index (χ4v) is 1.79. The summed E-state index contributed by atoms with van der Waals surface area (Å²) in [5, 5.41) is 8.67. The van der Waals surface area contributed by atoms with E-state index in [9.17, 15) is 4.79 Å². The molecule has 0 spiro atoms. The van der Waals surface area contributed by atoms with Gasteiger partial charge in [-0.3, -0.25) is 0 Å². The van der Waals surface area contributed by atoms with Crippen molar-refractivity contribution in [3.05, 3.63) is 0 Å². The molecule has 1 atom stereocenters. The molecule has 0 bridgehead atoms. The van der Waals surface area contributed by atoms with Crippen LogP contribution in [-0.4, -0.2) is 75.7 Å². The summed E-state index contributed by atoms with van der Waals surface area (Å²) >= 11 is 4.06. The maximum absolute atomic E-state index is 10.6. The molecule has 132 valence electrons. The number of carbonyl (C=O) groups is 1. The summed E-state index contributed by atoms with van der Waals surface area (Å²) in [6.45, 7) is 3.28. The van der Waals surface area contributed by atoms with Gasteiger partial charge in [-0.1, -0.05) is 0 Å². The van der Waals surface area contributed by atoms with Gasteiger partial charge in [0, 0.05) is 18.9 Å². The van der Waals surface area contributed by atoms with E-state index in [0.717, 1.165) is 19.3 Å². The van der Waals surface area contributed by atoms with E-state index in [4.69, 9.17) is 29.8 Å². The number of carboxylic acid groups (broad SMARTS) is 1. The van der Waals surface area contributed by atoms with Crippen molar-refractivity contribution in [2.75, 3.05) is 58.5 Å². The predicted octanol–water partition coefficient (Wildman–Crippen LogP) is 0.565. The molecule has 3 N–H and O–H groups in total. The lowest BCUT2D eigenvalue weighted by atomic mass is 10.1. The SMILES string of the molecule is NCCOCCOCC(CCCCOCCS)OCC(=O)O. The minimum absolute atomic E-state index is 0.226. The number of thiol groups is 1. The Labute approximate surface area is 137 Å². The fraction of sp³-hybridized carbons (Fsp3) is 0.929. The van der Waals surface area contributed by atoms with Crippen molar-refractivity contribution in [3.8, 4) is 0 Å². The van der Waals surface area contributed by atoms with Crippen molar-refractivity contribution in [2.45, 2.75) is 25.4 Å². The van der Waals surface area contributed by atoms with Crippen LogP contribution in [0.4, 0.5) is 0 Å². The standard InChI is InChI=1S/C14H29NO6S/c15-4-6-19-7-8-20-11-13(21-12-14(16)17)3-1-2-5-18-9-10-22/h13,22H,1-12,15H2,(H,16,17). The van der Waals surface area contributed by atoms with Crippen LogP contribution >= 0.6 is 12.6 Å². The first kappa shape index (κ1) is 21.6. The number of ether oxygens (including phenoxy) is 4. The van der Waals surface area contributed by atoms with E-state index in [-0.39, 0.29) is 12.7 Å². The number of unbranched alkanes of at least 4 members (excludes halogenated alkanes) is 1. The first-order chi connectivity index (χ1) is 10.7. The van der Waals surface area contributed by atoms with Crippen LogP contribution in [0.25, 0.3) is 0 Å². The maximum Gasteiger partial charge on any atom is 0.329 e. The molecule has 0 rings (SSSR count). The van der Waals surface area contributed by atoms with Gasteiger partial charge in [0.25, 0.3) is 0 Å². The van der Waals surface area contributed by atoms with Gasteiger partial charge in [-0.05, 0) is 19.3 Å². The Kier molecular flexibility index (Phi) is 16.7. The van der Waals surface area contributed by atoms with Crippen molar-refractivity contribution < 1.29 is 28.8 Å². The lowest BCUT2D eigenvalue weighted by Crippen LogP contribution is -2.24. The second-order valence-corrected chi connectivity index (χ2v) is 5.08. The minimum atomic E-state index is -0.978. The molecule has 0 saturated carbocycles. The van der Waals surface area contributed by atoms with Crippen LogP contribution in [0.2, 0.25) is 0 Å². The van der Waals surface area contributed by atoms with Crippen LogP contribution in [0, 0.1) is 0 Å². The number of hydrogen-bond acceptors (Lipinski definition) is 7. The molecule has 8 heteroatoms. The molecular formula is C14H29NO6S. The highest BCUT2D eigenvalue weighted by atomic mass is 32.1. The third kappa shape index (κ3) is 16.0. The van der Waals surface area contributed by atoms with Crippen LogP contribution in [0.1, 0.15) is 19.3 Å². The van der Waals surface area contributed by atoms with Gasteiger partial charge in [0.1, 0.15) is 6.61 Å².